The van der Waals surface area contributed by atoms with Crippen LogP contribution in [0.25, 0.3) is 11.0 Å². The number of fused-ring (bicyclic) bond motifs is 1. The Morgan fingerprint density at radius 1 is 1.57 bits per heavy atom. The molecule has 0 saturated carbocycles. The van der Waals surface area contributed by atoms with Gasteiger partial charge in [-0.05, 0) is 19.9 Å². The number of carboxylic acid groups (broad SMARTS) is 1. The summed E-state index contributed by atoms with van der Waals surface area (Å²) < 4.78 is 15.9. The Morgan fingerprint density at radius 2 is 2.26 bits per heavy atom. The molecular weight excluding hydrogens is 303 g/mol. The molecule has 0 radical (unpaired) electrons. The van der Waals surface area contributed by atoms with Crippen LogP contribution in [-0.4, -0.2) is 39.3 Å². The Labute approximate surface area is 131 Å². The summed E-state index contributed by atoms with van der Waals surface area (Å²) in [5.41, 5.74) is 4.97. The highest BCUT2D eigenvalue weighted by Crippen LogP contribution is 2.28. The van der Waals surface area contributed by atoms with Gasteiger partial charge in [-0.15, -0.1) is 0 Å². The Bertz CT molecular complexity index is 864. The number of rotatable bonds is 3. The third-order valence-corrected chi connectivity index (χ3v) is 4.35. The number of hydrogen-bond acceptors (Lipinski definition) is 5. The Kier molecular flexibility index (Phi) is 3.56. The second kappa shape index (κ2) is 5.31. The first-order chi connectivity index (χ1) is 10.8. The van der Waals surface area contributed by atoms with Crippen LogP contribution in [0.4, 0.5) is 10.2 Å². The number of carbonyl (C=O) groups is 1. The second-order valence-electron chi connectivity index (χ2n) is 5.68. The minimum Gasteiger partial charge on any atom is -0.477 e. The van der Waals surface area contributed by atoms with Crippen LogP contribution in [0.3, 0.4) is 0 Å². The molecule has 2 atom stereocenters. The van der Waals surface area contributed by atoms with E-state index in [0.29, 0.717) is 13.1 Å². The van der Waals surface area contributed by atoms with Crippen LogP contribution in [0.2, 0.25) is 0 Å². The molecule has 3 heterocycles. The maximum atomic E-state index is 14.4. The standard InChI is InChI=1S/C15H17FN4O3/c1-3-19-5-9(15(22)23)12(21)8-4-10(16)14(18-13(8)19)20-6-11(17)7(20)2/h4-5,7,11H,3,6,17H2,1-2H3,(H,22,23)/t7-,11+/m0/s1. The van der Waals surface area contributed by atoms with E-state index >= 15 is 0 Å². The average Bonchev–Trinajstić information content (AvgIpc) is 2.52. The van der Waals surface area contributed by atoms with Gasteiger partial charge < -0.3 is 20.3 Å². The molecule has 1 aliphatic rings. The molecule has 1 fully saturated rings. The van der Waals surface area contributed by atoms with Gasteiger partial charge in [0.1, 0.15) is 11.2 Å². The topological polar surface area (TPSA) is 101 Å². The molecule has 2 aromatic rings. The molecule has 0 unspecified atom stereocenters. The zero-order valence-electron chi connectivity index (χ0n) is 12.8. The molecule has 3 N–H and O–H groups in total. The normalized spacial score (nSPS) is 20.6. The number of aryl methyl sites for hydroxylation is 1. The molecule has 122 valence electrons. The molecular formula is C15H17FN4O3. The molecule has 1 aliphatic heterocycles. The first-order valence-electron chi connectivity index (χ1n) is 7.34. The summed E-state index contributed by atoms with van der Waals surface area (Å²) in [6.07, 6.45) is 1.24. The Hall–Kier alpha value is -2.48. The second-order valence-corrected chi connectivity index (χ2v) is 5.68. The van der Waals surface area contributed by atoms with E-state index in [1.807, 2.05) is 6.92 Å². The number of nitrogens with two attached hydrogens (primary N) is 1. The van der Waals surface area contributed by atoms with E-state index in [-0.39, 0.29) is 28.9 Å². The lowest BCUT2D eigenvalue weighted by molar-refractivity contribution is 0.0695. The number of halogens is 1. The van der Waals surface area contributed by atoms with Crippen molar-refractivity contribution in [2.75, 3.05) is 11.4 Å². The van der Waals surface area contributed by atoms with E-state index in [0.717, 1.165) is 6.07 Å². The maximum Gasteiger partial charge on any atom is 0.341 e. The molecule has 0 amide bonds. The van der Waals surface area contributed by atoms with E-state index in [1.54, 1.807) is 11.8 Å². The molecule has 0 aromatic carbocycles. The van der Waals surface area contributed by atoms with Crippen LogP contribution in [-0.2, 0) is 6.54 Å². The van der Waals surface area contributed by atoms with Gasteiger partial charge in [-0.1, -0.05) is 0 Å². The lowest BCUT2D eigenvalue weighted by atomic mass is 9.99. The number of pyridine rings is 2. The zero-order chi connectivity index (χ0) is 16.9. The third kappa shape index (κ3) is 2.26. The monoisotopic (exact) mass is 320 g/mol. The Morgan fingerprint density at radius 3 is 2.78 bits per heavy atom. The molecule has 3 rings (SSSR count). The molecule has 0 bridgehead atoms. The molecule has 0 aliphatic carbocycles. The van der Waals surface area contributed by atoms with Crippen molar-refractivity contribution in [3.8, 4) is 0 Å². The van der Waals surface area contributed by atoms with Gasteiger partial charge in [-0.25, -0.2) is 14.2 Å². The van der Waals surface area contributed by atoms with E-state index in [1.165, 1.54) is 10.8 Å². The molecule has 7 nitrogen and oxygen atoms in total. The van der Waals surface area contributed by atoms with E-state index in [2.05, 4.69) is 4.98 Å². The minimum atomic E-state index is -1.34. The smallest absolute Gasteiger partial charge is 0.341 e. The molecule has 2 aromatic heterocycles. The van der Waals surface area contributed by atoms with Gasteiger partial charge in [-0.3, -0.25) is 4.79 Å². The fourth-order valence-corrected chi connectivity index (χ4v) is 2.79. The van der Waals surface area contributed by atoms with Gasteiger partial charge >= 0.3 is 5.97 Å². The number of anilines is 1. The van der Waals surface area contributed by atoms with E-state index in [4.69, 9.17) is 10.8 Å². The number of nitrogens with zero attached hydrogens (tertiary/aromatic N) is 3. The highest BCUT2D eigenvalue weighted by Gasteiger charge is 2.35. The molecule has 1 saturated heterocycles. The number of carboxylic acids is 1. The predicted octanol–water partition coefficient (Wildman–Crippen LogP) is 0.790. The summed E-state index contributed by atoms with van der Waals surface area (Å²) in [4.78, 5) is 29.4. The predicted molar refractivity (Wildman–Crippen MR) is 83.4 cm³/mol. The van der Waals surface area contributed by atoms with Crippen molar-refractivity contribution in [3.63, 3.8) is 0 Å². The highest BCUT2D eigenvalue weighted by molar-refractivity contribution is 5.92. The van der Waals surface area contributed by atoms with Crippen LogP contribution in [0.15, 0.2) is 17.1 Å². The molecule has 23 heavy (non-hydrogen) atoms. The summed E-state index contributed by atoms with van der Waals surface area (Å²) in [5.74, 6) is -1.86. The Balaban J connectivity index is 2.26. The van der Waals surface area contributed by atoms with E-state index < -0.39 is 22.8 Å². The summed E-state index contributed by atoms with van der Waals surface area (Å²) >= 11 is 0. The van der Waals surface area contributed by atoms with Gasteiger partial charge in [-0.2, -0.15) is 0 Å². The van der Waals surface area contributed by atoms with Crippen molar-refractivity contribution < 1.29 is 14.3 Å². The molecule has 0 spiro atoms. The fourth-order valence-electron chi connectivity index (χ4n) is 2.79. The summed E-state index contributed by atoms with van der Waals surface area (Å²) in [7, 11) is 0. The minimum absolute atomic E-state index is 0.0366. The van der Waals surface area contributed by atoms with Crippen molar-refractivity contribution in [2.45, 2.75) is 32.5 Å². The quantitative estimate of drug-likeness (QED) is 0.867. The lowest BCUT2D eigenvalue weighted by Gasteiger charge is -2.45. The van der Waals surface area contributed by atoms with Crippen molar-refractivity contribution in [1.29, 1.82) is 0 Å². The molecule has 8 heteroatoms. The first-order valence-corrected chi connectivity index (χ1v) is 7.34. The van der Waals surface area contributed by atoms with Gasteiger partial charge in [0.25, 0.3) is 0 Å². The fraction of sp³-hybridized carbons (Fsp3) is 0.400. The van der Waals surface area contributed by atoms with Crippen LogP contribution in [0.5, 0.6) is 0 Å². The van der Waals surface area contributed by atoms with Crippen LogP contribution >= 0.6 is 0 Å². The van der Waals surface area contributed by atoms with E-state index in [9.17, 15) is 14.0 Å². The average molecular weight is 320 g/mol. The number of hydrogen-bond donors (Lipinski definition) is 2. The summed E-state index contributed by atoms with van der Waals surface area (Å²) in [5, 5.41) is 9.08. The van der Waals surface area contributed by atoms with Crippen molar-refractivity contribution in [2.24, 2.45) is 5.73 Å². The van der Waals surface area contributed by atoms with Gasteiger partial charge in [0.2, 0.25) is 5.43 Å². The van der Waals surface area contributed by atoms with Crippen molar-refractivity contribution >= 4 is 22.8 Å². The SMILES string of the molecule is CCn1cc(C(=O)O)c(=O)c2cc(F)c(N3C[C@@H](N)[C@@H]3C)nc21. The van der Waals surface area contributed by atoms with Crippen LogP contribution in [0.1, 0.15) is 24.2 Å². The first kappa shape index (κ1) is 15.4. The summed E-state index contributed by atoms with van der Waals surface area (Å²) in [6.45, 7) is 4.56. The van der Waals surface area contributed by atoms with Crippen LogP contribution in [0, 0.1) is 5.82 Å². The van der Waals surface area contributed by atoms with Crippen molar-refractivity contribution in [1.82, 2.24) is 9.55 Å². The van der Waals surface area contributed by atoms with Crippen molar-refractivity contribution in [3.05, 3.63) is 33.9 Å². The van der Waals surface area contributed by atoms with Gasteiger partial charge in [0, 0.05) is 31.4 Å². The number of aromatic nitrogens is 2. The van der Waals surface area contributed by atoms with Gasteiger partial charge in [0.15, 0.2) is 11.6 Å². The van der Waals surface area contributed by atoms with Gasteiger partial charge in [0.05, 0.1) is 5.39 Å². The number of aromatic carboxylic acids is 1. The largest absolute Gasteiger partial charge is 0.477 e. The maximum absolute atomic E-state index is 14.4. The lowest BCUT2D eigenvalue weighted by Crippen LogP contribution is -2.63. The van der Waals surface area contributed by atoms with Crippen LogP contribution < -0.4 is 16.1 Å². The zero-order valence-corrected chi connectivity index (χ0v) is 12.8. The third-order valence-electron chi connectivity index (χ3n) is 4.35. The highest BCUT2D eigenvalue weighted by atomic mass is 19.1. The summed E-state index contributed by atoms with van der Waals surface area (Å²) in [6, 6.07) is 0.971.